The molecule has 2 aromatic carbocycles. The Morgan fingerprint density at radius 1 is 0.966 bits per heavy atom. The van der Waals surface area contributed by atoms with Gasteiger partial charge in [-0.3, -0.25) is 4.90 Å². The summed E-state index contributed by atoms with van der Waals surface area (Å²) in [7, 11) is 0. The minimum atomic E-state index is 0.0305. The Labute approximate surface area is 175 Å². The molecule has 1 atom stereocenters. The first-order chi connectivity index (χ1) is 14.2. The van der Waals surface area contributed by atoms with E-state index in [0.29, 0.717) is 6.42 Å². The third kappa shape index (κ3) is 6.72. The Hall–Kier alpha value is -2.12. The summed E-state index contributed by atoms with van der Waals surface area (Å²) in [6.45, 7) is 3.37. The van der Waals surface area contributed by atoms with E-state index < -0.39 is 0 Å². The van der Waals surface area contributed by atoms with Gasteiger partial charge in [-0.25, -0.2) is 0 Å². The van der Waals surface area contributed by atoms with E-state index in [2.05, 4.69) is 71.3 Å². The van der Waals surface area contributed by atoms with E-state index in [1.54, 1.807) is 0 Å². The van der Waals surface area contributed by atoms with E-state index in [4.69, 9.17) is 5.11 Å². The van der Waals surface area contributed by atoms with Crippen molar-refractivity contribution in [3.8, 4) is 11.8 Å². The van der Waals surface area contributed by atoms with Crippen LogP contribution in [-0.4, -0.2) is 41.4 Å². The lowest BCUT2D eigenvalue weighted by Crippen LogP contribution is -2.45. The summed E-state index contributed by atoms with van der Waals surface area (Å²) in [6.07, 6.45) is 6.07. The molecule has 1 heterocycles. The molecule has 0 aromatic heterocycles. The second-order valence-corrected chi connectivity index (χ2v) is 8.28. The van der Waals surface area contributed by atoms with Crippen LogP contribution in [0.15, 0.2) is 54.6 Å². The highest BCUT2D eigenvalue weighted by molar-refractivity contribution is 5.36. The van der Waals surface area contributed by atoms with Crippen molar-refractivity contribution in [3.63, 3.8) is 0 Å². The summed E-state index contributed by atoms with van der Waals surface area (Å²) in [5, 5.41) is 19.0. The number of hydrogen-bond acceptors (Lipinski definition) is 3. The Bertz CT molecular complexity index is 791. The van der Waals surface area contributed by atoms with Crippen LogP contribution in [0.25, 0.3) is 0 Å². The van der Waals surface area contributed by atoms with Crippen molar-refractivity contribution in [2.24, 2.45) is 5.41 Å². The molecule has 3 heteroatoms. The van der Waals surface area contributed by atoms with E-state index in [0.717, 1.165) is 57.3 Å². The second kappa shape index (κ2) is 11.2. The monoisotopic (exact) mass is 391 g/mol. The minimum Gasteiger partial charge on any atom is -0.396 e. The van der Waals surface area contributed by atoms with Crippen LogP contribution in [0.1, 0.15) is 48.8 Å². The van der Waals surface area contributed by atoms with Gasteiger partial charge in [0.05, 0.1) is 6.61 Å². The summed E-state index contributed by atoms with van der Waals surface area (Å²) < 4.78 is 0. The van der Waals surface area contributed by atoms with Gasteiger partial charge in [-0.15, -0.1) is 0 Å². The first-order valence-corrected chi connectivity index (χ1v) is 10.8. The molecule has 0 saturated carbocycles. The molecule has 1 aliphatic rings. The van der Waals surface area contributed by atoms with Gasteiger partial charge in [-0.1, -0.05) is 54.3 Å². The van der Waals surface area contributed by atoms with Crippen LogP contribution >= 0.6 is 0 Å². The SMILES string of the molecule is OCCC#Cc1ccc(CN2CCCC(CO)(CCCc3ccccc3)C2)cc1. The van der Waals surface area contributed by atoms with Crippen molar-refractivity contribution in [2.45, 2.75) is 45.1 Å². The maximum absolute atomic E-state index is 10.2. The van der Waals surface area contributed by atoms with Gasteiger partial charge in [0, 0.05) is 37.1 Å². The largest absolute Gasteiger partial charge is 0.396 e. The summed E-state index contributed by atoms with van der Waals surface area (Å²) in [5.74, 6) is 6.04. The van der Waals surface area contributed by atoms with Gasteiger partial charge in [0.2, 0.25) is 0 Å². The standard InChI is InChI=1S/C26H33NO2/c28-19-5-4-10-24-12-14-25(15-13-24)20-27-18-7-17-26(21-27,22-29)16-6-11-23-8-2-1-3-9-23/h1-3,8-9,12-15,28-29H,5-7,11,16-22H2. The third-order valence-corrected chi connectivity index (χ3v) is 5.92. The molecule has 1 aliphatic heterocycles. The highest BCUT2D eigenvalue weighted by Crippen LogP contribution is 2.35. The second-order valence-electron chi connectivity index (χ2n) is 8.28. The van der Waals surface area contributed by atoms with Crippen molar-refractivity contribution < 1.29 is 10.2 Å². The summed E-state index contributed by atoms with van der Waals surface area (Å²) in [4.78, 5) is 2.49. The highest BCUT2D eigenvalue weighted by Gasteiger charge is 2.34. The number of nitrogens with zero attached hydrogens (tertiary/aromatic N) is 1. The van der Waals surface area contributed by atoms with Gasteiger partial charge < -0.3 is 10.2 Å². The molecule has 1 fully saturated rings. The average Bonchev–Trinajstić information content (AvgIpc) is 2.76. The average molecular weight is 392 g/mol. The van der Waals surface area contributed by atoms with E-state index in [1.165, 1.54) is 11.1 Å². The maximum atomic E-state index is 10.2. The zero-order valence-corrected chi connectivity index (χ0v) is 17.3. The smallest absolute Gasteiger partial charge is 0.0540 e. The summed E-state index contributed by atoms with van der Waals surface area (Å²) in [5.41, 5.74) is 3.69. The number of aliphatic hydroxyl groups excluding tert-OH is 2. The zero-order valence-electron chi connectivity index (χ0n) is 17.3. The molecule has 0 aliphatic carbocycles. The molecule has 29 heavy (non-hydrogen) atoms. The lowest BCUT2D eigenvalue weighted by molar-refractivity contribution is 0.0208. The van der Waals surface area contributed by atoms with Crippen molar-refractivity contribution in [1.29, 1.82) is 0 Å². The van der Waals surface area contributed by atoms with Crippen LogP contribution in [0.5, 0.6) is 0 Å². The number of aliphatic hydroxyl groups is 2. The van der Waals surface area contributed by atoms with Gasteiger partial charge in [0.1, 0.15) is 0 Å². The number of piperidine rings is 1. The van der Waals surface area contributed by atoms with Gasteiger partial charge >= 0.3 is 0 Å². The van der Waals surface area contributed by atoms with Crippen molar-refractivity contribution in [3.05, 3.63) is 71.3 Å². The van der Waals surface area contributed by atoms with Gasteiger partial charge in [0.25, 0.3) is 0 Å². The molecule has 1 unspecified atom stereocenters. The predicted molar refractivity (Wildman–Crippen MR) is 118 cm³/mol. The number of hydrogen-bond donors (Lipinski definition) is 2. The fraction of sp³-hybridized carbons (Fsp3) is 0.462. The number of benzene rings is 2. The molecular formula is C26H33NO2. The van der Waals surface area contributed by atoms with Crippen LogP contribution in [0.3, 0.4) is 0 Å². The fourth-order valence-corrected chi connectivity index (χ4v) is 4.34. The van der Waals surface area contributed by atoms with Gasteiger partial charge in [0.15, 0.2) is 0 Å². The van der Waals surface area contributed by atoms with Crippen molar-refractivity contribution >= 4 is 0 Å². The van der Waals surface area contributed by atoms with Crippen LogP contribution in [-0.2, 0) is 13.0 Å². The lowest BCUT2D eigenvalue weighted by Gasteiger charge is -2.42. The number of rotatable bonds is 8. The molecule has 3 rings (SSSR count). The molecule has 1 saturated heterocycles. The predicted octanol–water partition coefficient (Wildman–Crippen LogP) is 4.02. The molecule has 0 amide bonds. The number of likely N-dealkylation sites (tertiary alicyclic amines) is 1. The molecular weight excluding hydrogens is 358 g/mol. The zero-order chi connectivity index (χ0) is 20.4. The minimum absolute atomic E-state index is 0.0305. The number of aryl methyl sites for hydroxylation is 1. The molecule has 3 nitrogen and oxygen atoms in total. The van der Waals surface area contributed by atoms with E-state index in [9.17, 15) is 5.11 Å². The first-order valence-electron chi connectivity index (χ1n) is 10.8. The molecule has 2 aromatic rings. The molecule has 0 bridgehead atoms. The molecule has 2 N–H and O–H groups in total. The normalized spacial score (nSPS) is 19.5. The Morgan fingerprint density at radius 3 is 2.48 bits per heavy atom. The topological polar surface area (TPSA) is 43.7 Å². The van der Waals surface area contributed by atoms with Crippen molar-refractivity contribution in [1.82, 2.24) is 4.90 Å². The lowest BCUT2D eigenvalue weighted by atomic mass is 9.76. The van der Waals surface area contributed by atoms with Crippen LogP contribution in [0.2, 0.25) is 0 Å². The van der Waals surface area contributed by atoms with Crippen LogP contribution in [0, 0.1) is 17.3 Å². The van der Waals surface area contributed by atoms with Crippen LogP contribution in [0.4, 0.5) is 0 Å². The molecule has 154 valence electrons. The van der Waals surface area contributed by atoms with Crippen LogP contribution < -0.4 is 0 Å². The summed E-state index contributed by atoms with van der Waals surface area (Å²) >= 11 is 0. The Kier molecular flexibility index (Phi) is 8.31. The van der Waals surface area contributed by atoms with E-state index in [-0.39, 0.29) is 18.6 Å². The van der Waals surface area contributed by atoms with E-state index >= 15 is 0 Å². The van der Waals surface area contributed by atoms with Gasteiger partial charge in [-0.2, -0.15) is 0 Å². The van der Waals surface area contributed by atoms with Gasteiger partial charge in [-0.05, 0) is 61.9 Å². The fourth-order valence-electron chi connectivity index (χ4n) is 4.34. The maximum Gasteiger partial charge on any atom is 0.0540 e. The molecule has 0 spiro atoms. The Morgan fingerprint density at radius 2 is 1.76 bits per heavy atom. The van der Waals surface area contributed by atoms with E-state index in [1.807, 2.05) is 0 Å². The summed E-state index contributed by atoms with van der Waals surface area (Å²) in [6, 6.07) is 19.1. The molecule has 0 radical (unpaired) electrons. The third-order valence-electron chi connectivity index (χ3n) is 5.92. The quantitative estimate of drug-likeness (QED) is 0.668. The first kappa shape index (κ1) is 21.6. The van der Waals surface area contributed by atoms with Crippen molar-refractivity contribution in [2.75, 3.05) is 26.3 Å². The highest BCUT2D eigenvalue weighted by atomic mass is 16.3. The Balaban J connectivity index is 1.53.